The molecular weight excluding hydrogens is 280 g/mol. The molecule has 2 amide bonds. The van der Waals surface area contributed by atoms with Gasteiger partial charge in [-0.1, -0.05) is 6.42 Å². The number of amides is 2. The van der Waals surface area contributed by atoms with Crippen molar-refractivity contribution in [1.82, 2.24) is 9.80 Å². The number of carbonyl (C=O) groups excluding carboxylic acids is 2. The van der Waals surface area contributed by atoms with Gasteiger partial charge < -0.3 is 14.5 Å². The Balaban J connectivity index is 1.30. The quantitative estimate of drug-likeness (QED) is 0.772. The number of hydrogen-bond acceptors (Lipinski definition) is 3. The molecule has 2 saturated carbocycles. The number of carbonyl (C=O) groups is 2. The Hall–Kier alpha value is -1.10. The lowest BCUT2D eigenvalue weighted by atomic mass is 9.87. The minimum Gasteiger partial charge on any atom is -0.368 e. The molecule has 2 heterocycles. The molecule has 0 N–H and O–H groups in total. The molecule has 4 aliphatic rings. The van der Waals surface area contributed by atoms with Crippen LogP contribution in [0.25, 0.3) is 0 Å². The third kappa shape index (κ3) is 2.53. The molecule has 4 atom stereocenters. The second kappa shape index (κ2) is 5.84. The predicted octanol–water partition coefficient (Wildman–Crippen LogP) is 1.27. The van der Waals surface area contributed by atoms with Crippen LogP contribution in [0, 0.1) is 17.8 Å². The molecular formula is C17H26N2O3. The van der Waals surface area contributed by atoms with Gasteiger partial charge in [0.2, 0.25) is 5.91 Å². The molecule has 0 radical (unpaired) electrons. The highest BCUT2D eigenvalue weighted by molar-refractivity contribution is 5.82. The van der Waals surface area contributed by atoms with Crippen LogP contribution in [0.3, 0.4) is 0 Å². The molecule has 5 nitrogen and oxygen atoms in total. The largest absolute Gasteiger partial charge is 0.368 e. The Kier molecular flexibility index (Phi) is 3.84. The van der Waals surface area contributed by atoms with E-state index >= 15 is 0 Å². The van der Waals surface area contributed by atoms with E-state index in [1.54, 1.807) is 0 Å². The standard InChI is InChI=1S/C17H26N2O3/c20-16(14-11-12-3-4-13(14)10-12)18-5-7-19(8-6-18)17(21)15-2-1-9-22-15/h12-15H,1-11H2. The Labute approximate surface area is 132 Å². The third-order valence-electron chi connectivity index (χ3n) is 6.16. The van der Waals surface area contributed by atoms with Crippen LogP contribution >= 0.6 is 0 Å². The maximum atomic E-state index is 12.7. The summed E-state index contributed by atoms with van der Waals surface area (Å²) in [5.41, 5.74) is 0. The molecule has 4 fully saturated rings. The lowest BCUT2D eigenvalue weighted by Crippen LogP contribution is -2.54. The average molecular weight is 306 g/mol. The minimum atomic E-state index is -0.229. The summed E-state index contributed by atoms with van der Waals surface area (Å²) in [4.78, 5) is 28.9. The summed E-state index contributed by atoms with van der Waals surface area (Å²) in [7, 11) is 0. The van der Waals surface area contributed by atoms with E-state index in [0.717, 1.165) is 25.2 Å². The van der Waals surface area contributed by atoms with E-state index in [1.165, 1.54) is 19.3 Å². The lowest BCUT2D eigenvalue weighted by molar-refractivity contribution is -0.147. The van der Waals surface area contributed by atoms with Crippen LogP contribution in [0.15, 0.2) is 0 Å². The number of hydrogen-bond donors (Lipinski definition) is 0. The molecule has 2 aliphatic carbocycles. The first-order valence-electron chi connectivity index (χ1n) is 8.91. The van der Waals surface area contributed by atoms with Crippen molar-refractivity contribution in [1.29, 1.82) is 0 Å². The van der Waals surface area contributed by atoms with E-state index < -0.39 is 0 Å². The molecule has 22 heavy (non-hydrogen) atoms. The summed E-state index contributed by atoms with van der Waals surface area (Å²) < 4.78 is 5.49. The van der Waals surface area contributed by atoms with Crippen LogP contribution in [-0.2, 0) is 14.3 Å². The van der Waals surface area contributed by atoms with E-state index in [4.69, 9.17) is 4.74 Å². The highest BCUT2D eigenvalue weighted by atomic mass is 16.5. The van der Waals surface area contributed by atoms with E-state index in [9.17, 15) is 9.59 Å². The van der Waals surface area contributed by atoms with Gasteiger partial charge in [-0.15, -0.1) is 0 Å². The molecule has 2 saturated heterocycles. The summed E-state index contributed by atoms with van der Waals surface area (Å²) in [6.07, 6.45) is 6.57. The zero-order chi connectivity index (χ0) is 15.1. The van der Waals surface area contributed by atoms with E-state index in [2.05, 4.69) is 0 Å². The molecule has 4 rings (SSSR count). The highest BCUT2D eigenvalue weighted by Crippen LogP contribution is 2.48. The summed E-state index contributed by atoms with van der Waals surface area (Å²) in [5, 5.41) is 0. The van der Waals surface area contributed by atoms with Crippen molar-refractivity contribution in [3.63, 3.8) is 0 Å². The van der Waals surface area contributed by atoms with Crippen LogP contribution < -0.4 is 0 Å². The molecule has 5 heteroatoms. The van der Waals surface area contributed by atoms with Gasteiger partial charge in [-0.25, -0.2) is 0 Å². The van der Waals surface area contributed by atoms with Crippen molar-refractivity contribution in [2.45, 2.75) is 44.6 Å². The van der Waals surface area contributed by atoms with Crippen LogP contribution in [0.2, 0.25) is 0 Å². The summed E-state index contributed by atoms with van der Waals surface area (Å²) in [6.45, 7) is 3.45. The topological polar surface area (TPSA) is 49.9 Å². The fourth-order valence-corrected chi connectivity index (χ4v) is 4.90. The van der Waals surface area contributed by atoms with Gasteiger partial charge in [0.15, 0.2) is 0 Å². The number of rotatable bonds is 2. The van der Waals surface area contributed by atoms with E-state index in [0.29, 0.717) is 44.6 Å². The molecule has 0 aromatic carbocycles. The van der Waals surface area contributed by atoms with Crippen molar-refractivity contribution >= 4 is 11.8 Å². The van der Waals surface area contributed by atoms with Gasteiger partial charge in [0, 0.05) is 38.7 Å². The number of ether oxygens (including phenoxy) is 1. The molecule has 122 valence electrons. The fourth-order valence-electron chi connectivity index (χ4n) is 4.90. The van der Waals surface area contributed by atoms with Gasteiger partial charge in [0.25, 0.3) is 5.91 Å². The Morgan fingerprint density at radius 2 is 1.59 bits per heavy atom. The summed E-state index contributed by atoms with van der Waals surface area (Å²) in [6, 6.07) is 0. The fraction of sp³-hybridized carbons (Fsp3) is 0.882. The maximum Gasteiger partial charge on any atom is 0.251 e. The normalized spacial score (nSPS) is 37.8. The zero-order valence-corrected chi connectivity index (χ0v) is 13.2. The third-order valence-corrected chi connectivity index (χ3v) is 6.16. The van der Waals surface area contributed by atoms with Gasteiger partial charge in [-0.3, -0.25) is 9.59 Å². The molecule has 0 aromatic rings. The molecule has 2 bridgehead atoms. The first-order chi connectivity index (χ1) is 10.7. The summed E-state index contributed by atoms with van der Waals surface area (Å²) >= 11 is 0. The summed E-state index contributed by atoms with van der Waals surface area (Å²) in [5.74, 6) is 2.21. The van der Waals surface area contributed by atoms with Crippen molar-refractivity contribution in [3.05, 3.63) is 0 Å². The maximum absolute atomic E-state index is 12.7. The zero-order valence-electron chi connectivity index (χ0n) is 13.2. The second-order valence-corrected chi connectivity index (χ2v) is 7.43. The van der Waals surface area contributed by atoms with Crippen LogP contribution in [-0.4, -0.2) is 60.5 Å². The first-order valence-corrected chi connectivity index (χ1v) is 8.91. The number of nitrogens with zero attached hydrogens (tertiary/aromatic N) is 2. The Morgan fingerprint density at radius 1 is 0.864 bits per heavy atom. The van der Waals surface area contributed by atoms with Gasteiger partial charge >= 0.3 is 0 Å². The van der Waals surface area contributed by atoms with Gasteiger partial charge in [-0.05, 0) is 43.9 Å². The van der Waals surface area contributed by atoms with Gasteiger partial charge in [-0.2, -0.15) is 0 Å². The van der Waals surface area contributed by atoms with E-state index in [1.807, 2.05) is 9.80 Å². The second-order valence-electron chi connectivity index (χ2n) is 7.43. The number of piperazine rings is 1. The smallest absolute Gasteiger partial charge is 0.251 e. The molecule has 0 aromatic heterocycles. The van der Waals surface area contributed by atoms with Crippen molar-refractivity contribution in [2.24, 2.45) is 17.8 Å². The number of fused-ring (bicyclic) bond motifs is 2. The molecule has 2 aliphatic heterocycles. The van der Waals surface area contributed by atoms with Crippen LogP contribution in [0.5, 0.6) is 0 Å². The van der Waals surface area contributed by atoms with Gasteiger partial charge in [0.1, 0.15) is 6.10 Å². The van der Waals surface area contributed by atoms with Crippen LogP contribution in [0.4, 0.5) is 0 Å². The Morgan fingerprint density at radius 3 is 2.14 bits per heavy atom. The van der Waals surface area contributed by atoms with Crippen LogP contribution in [0.1, 0.15) is 38.5 Å². The monoisotopic (exact) mass is 306 g/mol. The predicted molar refractivity (Wildman–Crippen MR) is 81.1 cm³/mol. The van der Waals surface area contributed by atoms with Crippen molar-refractivity contribution in [3.8, 4) is 0 Å². The van der Waals surface area contributed by atoms with Gasteiger partial charge in [0.05, 0.1) is 0 Å². The molecule has 0 spiro atoms. The first kappa shape index (κ1) is 14.5. The lowest BCUT2D eigenvalue weighted by Gasteiger charge is -2.38. The SMILES string of the molecule is O=C(C1CCCO1)N1CCN(C(=O)C2CC3CCC2C3)CC1. The average Bonchev–Trinajstić information content (AvgIpc) is 3.30. The Bertz CT molecular complexity index is 453. The van der Waals surface area contributed by atoms with Crippen molar-refractivity contribution in [2.75, 3.05) is 32.8 Å². The minimum absolute atomic E-state index is 0.129. The van der Waals surface area contributed by atoms with Crippen molar-refractivity contribution < 1.29 is 14.3 Å². The molecule has 4 unspecified atom stereocenters. The van der Waals surface area contributed by atoms with E-state index in [-0.39, 0.29) is 17.9 Å². The highest BCUT2D eigenvalue weighted by Gasteiger charge is 2.44.